The average Bonchev–Trinajstić information content (AvgIpc) is 2.43. The molecule has 0 saturated carbocycles. The van der Waals surface area contributed by atoms with Gasteiger partial charge in [0.1, 0.15) is 11.6 Å². The summed E-state index contributed by atoms with van der Waals surface area (Å²) in [6.07, 6.45) is 3.38. The van der Waals surface area contributed by atoms with Crippen LogP contribution in [0.25, 0.3) is 0 Å². The molecule has 1 aromatic carbocycles. The molecule has 0 saturated heterocycles. The van der Waals surface area contributed by atoms with Gasteiger partial charge < -0.3 is 4.74 Å². The van der Waals surface area contributed by atoms with Crippen LogP contribution in [0.2, 0.25) is 0 Å². The van der Waals surface area contributed by atoms with E-state index in [1.54, 1.807) is 24.5 Å². The number of nitrogens with zero attached hydrogens (tertiary/aromatic N) is 1. The van der Waals surface area contributed by atoms with E-state index < -0.39 is 6.04 Å². The fraction of sp³-hybridized carbons (Fsp3) is 0.214. The molecule has 0 aliphatic rings. The lowest BCUT2D eigenvalue weighted by Gasteiger charge is -2.19. The van der Waals surface area contributed by atoms with E-state index in [0.29, 0.717) is 11.3 Å². The Morgan fingerprint density at radius 2 is 2.11 bits per heavy atom. The van der Waals surface area contributed by atoms with Gasteiger partial charge >= 0.3 is 0 Å². The van der Waals surface area contributed by atoms with Crippen molar-refractivity contribution >= 4 is 0 Å². The summed E-state index contributed by atoms with van der Waals surface area (Å²) in [4.78, 5) is 4.06. The Bertz CT molecular complexity index is 574. The minimum absolute atomic E-state index is 0.370. The lowest BCUT2D eigenvalue weighted by Crippen LogP contribution is -2.30. The van der Waals surface area contributed by atoms with Gasteiger partial charge in [0.25, 0.3) is 0 Å². The summed E-state index contributed by atoms with van der Waals surface area (Å²) in [5, 5.41) is 0. The molecule has 1 heterocycles. The third-order valence-electron chi connectivity index (χ3n) is 3.08. The number of halogens is 1. The lowest BCUT2D eigenvalue weighted by molar-refractivity contribution is 0.410. The number of nitrogens with two attached hydrogens (primary N) is 1. The van der Waals surface area contributed by atoms with Gasteiger partial charge in [0.15, 0.2) is 0 Å². The second kappa shape index (κ2) is 5.77. The molecule has 0 bridgehead atoms. The molecule has 19 heavy (non-hydrogen) atoms. The van der Waals surface area contributed by atoms with Crippen LogP contribution >= 0.6 is 0 Å². The van der Waals surface area contributed by atoms with Crippen LogP contribution in [0.4, 0.5) is 4.39 Å². The van der Waals surface area contributed by atoms with Crippen LogP contribution in [0.1, 0.15) is 22.7 Å². The zero-order chi connectivity index (χ0) is 13.8. The first kappa shape index (κ1) is 13.5. The van der Waals surface area contributed by atoms with Crippen LogP contribution in [0.15, 0.2) is 36.7 Å². The molecule has 1 aromatic heterocycles. The standard InChI is InChI=1S/C14H16FN3O/c1-9-5-6-17-8-12(9)14(18-16)11-4-3-10(19-2)7-13(11)15/h3-8,14,18H,16H2,1-2H3. The quantitative estimate of drug-likeness (QED) is 0.653. The number of hydrogen-bond acceptors (Lipinski definition) is 4. The van der Waals surface area contributed by atoms with Crippen molar-refractivity contribution in [3.63, 3.8) is 0 Å². The van der Waals surface area contributed by atoms with E-state index in [4.69, 9.17) is 10.6 Å². The van der Waals surface area contributed by atoms with Gasteiger partial charge in [0.05, 0.1) is 13.2 Å². The summed E-state index contributed by atoms with van der Waals surface area (Å²) < 4.78 is 19.1. The zero-order valence-corrected chi connectivity index (χ0v) is 10.9. The highest BCUT2D eigenvalue weighted by atomic mass is 19.1. The largest absolute Gasteiger partial charge is 0.497 e. The molecule has 0 amide bonds. The van der Waals surface area contributed by atoms with Gasteiger partial charge in [0.2, 0.25) is 0 Å². The van der Waals surface area contributed by atoms with Gasteiger partial charge in [0, 0.05) is 24.0 Å². The van der Waals surface area contributed by atoms with Crippen molar-refractivity contribution in [3.05, 3.63) is 59.2 Å². The first-order chi connectivity index (χ1) is 9.17. The summed E-state index contributed by atoms with van der Waals surface area (Å²) in [6.45, 7) is 1.93. The van der Waals surface area contributed by atoms with Crippen LogP contribution in [-0.4, -0.2) is 12.1 Å². The van der Waals surface area contributed by atoms with Crippen LogP contribution in [0, 0.1) is 12.7 Å². The monoisotopic (exact) mass is 261 g/mol. The number of methoxy groups -OCH3 is 1. The molecule has 0 fully saturated rings. The molecular weight excluding hydrogens is 245 g/mol. The summed E-state index contributed by atoms with van der Waals surface area (Å²) in [6, 6.07) is 6.12. The molecule has 1 unspecified atom stereocenters. The number of pyridine rings is 1. The first-order valence-electron chi connectivity index (χ1n) is 5.87. The number of rotatable bonds is 4. The zero-order valence-electron chi connectivity index (χ0n) is 10.9. The highest BCUT2D eigenvalue weighted by Crippen LogP contribution is 2.27. The predicted octanol–water partition coefficient (Wildman–Crippen LogP) is 2.09. The van der Waals surface area contributed by atoms with Gasteiger partial charge in [-0.05, 0) is 30.2 Å². The molecule has 2 aromatic rings. The van der Waals surface area contributed by atoms with Crippen molar-refractivity contribution in [3.8, 4) is 5.75 Å². The summed E-state index contributed by atoms with van der Waals surface area (Å²) in [5.74, 6) is 5.67. The fourth-order valence-electron chi connectivity index (χ4n) is 1.99. The Morgan fingerprint density at radius 3 is 2.68 bits per heavy atom. The number of hydrazine groups is 1. The Kier molecular flexibility index (Phi) is 4.09. The molecular formula is C14H16FN3O. The fourth-order valence-corrected chi connectivity index (χ4v) is 1.99. The van der Waals surface area contributed by atoms with Gasteiger partial charge in [-0.3, -0.25) is 10.8 Å². The van der Waals surface area contributed by atoms with E-state index >= 15 is 0 Å². The van der Waals surface area contributed by atoms with Crippen LogP contribution in [-0.2, 0) is 0 Å². The maximum atomic E-state index is 14.1. The Hall–Kier alpha value is -1.98. The summed E-state index contributed by atoms with van der Waals surface area (Å²) in [7, 11) is 1.50. The molecule has 100 valence electrons. The van der Waals surface area contributed by atoms with Gasteiger partial charge in [-0.2, -0.15) is 0 Å². The number of aryl methyl sites for hydroxylation is 1. The third-order valence-corrected chi connectivity index (χ3v) is 3.08. The van der Waals surface area contributed by atoms with Crippen molar-refractivity contribution in [1.29, 1.82) is 0 Å². The van der Waals surface area contributed by atoms with E-state index in [9.17, 15) is 4.39 Å². The van der Waals surface area contributed by atoms with Crippen molar-refractivity contribution in [2.24, 2.45) is 5.84 Å². The molecule has 0 aliphatic heterocycles. The number of benzene rings is 1. The second-order valence-corrected chi connectivity index (χ2v) is 4.22. The van der Waals surface area contributed by atoms with Crippen molar-refractivity contribution in [2.75, 3.05) is 7.11 Å². The van der Waals surface area contributed by atoms with E-state index in [2.05, 4.69) is 10.4 Å². The van der Waals surface area contributed by atoms with Crippen molar-refractivity contribution in [1.82, 2.24) is 10.4 Å². The van der Waals surface area contributed by atoms with E-state index in [1.807, 2.05) is 13.0 Å². The molecule has 0 aliphatic carbocycles. The molecule has 1 atom stereocenters. The Labute approximate surface area is 111 Å². The minimum atomic E-state index is -0.445. The van der Waals surface area contributed by atoms with Gasteiger partial charge in [-0.1, -0.05) is 6.07 Å². The third kappa shape index (κ3) is 2.72. The topological polar surface area (TPSA) is 60.2 Å². The lowest BCUT2D eigenvalue weighted by atomic mass is 9.97. The van der Waals surface area contributed by atoms with E-state index in [1.165, 1.54) is 13.2 Å². The first-order valence-corrected chi connectivity index (χ1v) is 5.87. The number of ether oxygens (including phenoxy) is 1. The molecule has 0 spiro atoms. The predicted molar refractivity (Wildman–Crippen MR) is 71.1 cm³/mol. The maximum absolute atomic E-state index is 14.1. The molecule has 4 nitrogen and oxygen atoms in total. The maximum Gasteiger partial charge on any atom is 0.132 e. The van der Waals surface area contributed by atoms with E-state index in [-0.39, 0.29) is 5.82 Å². The number of nitrogens with one attached hydrogen (secondary N) is 1. The Morgan fingerprint density at radius 1 is 1.32 bits per heavy atom. The second-order valence-electron chi connectivity index (χ2n) is 4.22. The van der Waals surface area contributed by atoms with Crippen LogP contribution < -0.4 is 16.0 Å². The SMILES string of the molecule is COc1ccc(C(NN)c2cnccc2C)c(F)c1. The van der Waals surface area contributed by atoms with Crippen molar-refractivity contribution in [2.45, 2.75) is 13.0 Å². The van der Waals surface area contributed by atoms with Crippen LogP contribution in [0.5, 0.6) is 5.75 Å². The smallest absolute Gasteiger partial charge is 0.132 e. The highest BCUT2D eigenvalue weighted by molar-refractivity contribution is 5.38. The molecule has 2 rings (SSSR count). The highest BCUT2D eigenvalue weighted by Gasteiger charge is 2.18. The minimum Gasteiger partial charge on any atom is -0.497 e. The normalized spacial score (nSPS) is 12.2. The molecule has 3 N–H and O–H groups in total. The summed E-state index contributed by atoms with van der Waals surface area (Å²) >= 11 is 0. The van der Waals surface area contributed by atoms with Gasteiger partial charge in [-0.25, -0.2) is 9.82 Å². The molecule has 5 heteroatoms. The van der Waals surface area contributed by atoms with E-state index in [0.717, 1.165) is 11.1 Å². The van der Waals surface area contributed by atoms with Crippen LogP contribution in [0.3, 0.4) is 0 Å². The average molecular weight is 261 g/mol. The molecule has 0 radical (unpaired) electrons. The number of hydrogen-bond donors (Lipinski definition) is 2. The van der Waals surface area contributed by atoms with Crippen molar-refractivity contribution < 1.29 is 9.13 Å². The number of aromatic nitrogens is 1. The summed E-state index contributed by atoms with van der Waals surface area (Å²) in [5.41, 5.74) is 4.93. The Balaban J connectivity index is 2.46. The van der Waals surface area contributed by atoms with Gasteiger partial charge in [-0.15, -0.1) is 0 Å².